The molecule has 1 N–H and O–H groups in total. The predicted octanol–water partition coefficient (Wildman–Crippen LogP) is 3.88. The molecule has 1 heterocycles. The molecule has 0 aromatic heterocycles. The Morgan fingerprint density at radius 1 is 1.08 bits per heavy atom. The van der Waals surface area contributed by atoms with Crippen LogP contribution < -0.4 is 10.2 Å². The summed E-state index contributed by atoms with van der Waals surface area (Å²) < 4.78 is 0. The largest absolute Gasteiger partial charge is 0.369 e. The summed E-state index contributed by atoms with van der Waals surface area (Å²) in [5.41, 5.74) is 4.32. The molecule has 1 atom stereocenters. The van der Waals surface area contributed by atoms with Gasteiger partial charge in [0.25, 0.3) is 0 Å². The summed E-state index contributed by atoms with van der Waals surface area (Å²) >= 11 is 0. The van der Waals surface area contributed by atoms with Crippen LogP contribution >= 0.6 is 0 Å². The molecule has 0 bridgehead atoms. The van der Waals surface area contributed by atoms with Gasteiger partial charge in [-0.15, -0.1) is 0 Å². The highest BCUT2D eigenvalue weighted by molar-refractivity contribution is 5.96. The second-order valence-electron chi connectivity index (χ2n) is 7.15. The monoisotopic (exact) mass is 351 g/mol. The van der Waals surface area contributed by atoms with E-state index in [1.54, 1.807) is 0 Å². The number of carbonyl (C=O) groups is 1. The van der Waals surface area contributed by atoms with Crippen molar-refractivity contribution in [2.75, 3.05) is 43.4 Å². The maximum absolute atomic E-state index is 12.8. The van der Waals surface area contributed by atoms with E-state index in [4.69, 9.17) is 0 Å². The number of carbonyl (C=O) groups excluding carboxylic acids is 1. The third-order valence-corrected chi connectivity index (χ3v) is 5.26. The third-order valence-electron chi connectivity index (χ3n) is 5.26. The van der Waals surface area contributed by atoms with Crippen molar-refractivity contribution in [3.8, 4) is 0 Å². The number of hydrogen-bond acceptors (Lipinski definition) is 3. The quantitative estimate of drug-likeness (QED) is 0.888. The number of benzene rings is 2. The van der Waals surface area contributed by atoms with Crippen molar-refractivity contribution >= 4 is 17.3 Å². The summed E-state index contributed by atoms with van der Waals surface area (Å²) in [6.07, 6.45) is 0.786. The van der Waals surface area contributed by atoms with Crippen LogP contribution in [-0.4, -0.2) is 44.0 Å². The first-order chi connectivity index (χ1) is 12.6. The molecular formula is C22H29N3O. The van der Waals surface area contributed by atoms with Crippen LogP contribution in [0.4, 0.5) is 11.4 Å². The van der Waals surface area contributed by atoms with Crippen LogP contribution in [0, 0.1) is 6.92 Å². The molecule has 4 heteroatoms. The van der Waals surface area contributed by atoms with Crippen LogP contribution in [0.5, 0.6) is 0 Å². The fraction of sp³-hybridized carbons (Fsp3) is 0.409. The molecule has 0 spiro atoms. The summed E-state index contributed by atoms with van der Waals surface area (Å²) in [5.74, 6) is -0.0537. The smallest absolute Gasteiger partial charge is 0.231 e. The lowest BCUT2D eigenvalue weighted by Gasteiger charge is -2.34. The molecule has 26 heavy (non-hydrogen) atoms. The molecular weight excluding hydrogens is 322 g/mol. The van der Waals surface area contributed by atoms with Gasteiger partial charge >= 0.3 is 0 Å². The Balaban J connectivity index is 1.70. The van der Waals surface area contributed by atoms with Gasteiger partial charge in [-0.2, -0.15) is 0 Å². The molecule has 1 saturated heterocycles. The second-order valence-corrected chi connectivity index (χ2v) is 7.15. The zero-order chi connectivity index (χ0) is 18.5. The van der Waals surface area contributed by atoms with Crippen molar-refractivity contribution in [1.82, 2.24) is 4.90 Å². The van der Waals surface area contributed by atoms with Crippen LogP contribution in [0.2, 0.25) is 0 Å². The molecule has 3 rings (SSSR count). The highest BCUT2D eigenvalue weighted by Gasteiger charge is 2.20. The number of rotatable bonds is 5. The van der Waals surface area contributed by atoms with Gasteiger partial charge in [-0.25, -0.2) is 0 Å². The zero-order valence-corrected chi connectivity index (χ0v) is 16.0. The summed E-state index contributed by atoms with van der Waals surface area (Å²) in [6, 6.07) is 16.4. The van der Waals surface area contributed by atoms with Crippen molar-refractivity contribution in [3.05, 3.63) is 59.7 Å². The zero-order valence-electron chi connectivity index (χ0n) is 16.0. The number of nitrogens with one attached hydrogen (secondary N) is 1. The lowest BCUT2D eigenvalue weighted by molar-refractivity contribution is -0.117. The van der Waals surface area contributed by atoms with E-state index in [1.807, 2.05) is 36.4 Å². The maximum atomic E-state index is 12.8. The van der Waals surface area contributed by atoms with E-state index in [0.717, 1.165) is 49.4 Å². The molecule has 0 saturated carbocycles. The number of amides is 1. The first kappa shape index (κ1) is 18.5. The van der Waals surface area contributed by atoms with Crippen molar-refractivity contribution in [1.29, 1.82) is 0 Å². The standard InChI is InChI=1S/C22H29N3O/c1-4-20(18-8-6-5-7-9-18)22(26)23-21-11-10-19(16-17(21)2)25-14-12-24(3)13-15-25/h5-11,16,20H,4,12-15H2,1-3H3,(H,23,26). The van der Waals surface area contributed by atoms with Gasteiger partial charge in [0.15, 0.2) is 0 Å². The fourth-order valence-electron chi connectivity index (χ4n) is 3.53. The molecule has 2 aromatic rings. The van der Waals surface area contributed by atoms with Crippen LogP contribution in [0.1, 0.15) is 30.4 Å². The van der Waals surface area contributed by atoms with Gasteiger partial charge in [0.2, 0.25) is 5.91 Å². The van der Waals surface area contributed by atoms with E-state index in [0.29, 0.717) is 0 Å². The molecule has 2 aromatic carbocycles. The average molecular weight is 351 g/mol. The van der Waals surface area contributed by atoms with Crippen molar-refractivity contribution < 1.29 is 4.79 Å². The number of nitrogens with zero attached hydrogens (tertiary/aromatic N) is 2. The van der Waals surface area contributed by atoms with Crippen LogP contribution in [0.25, 0.3) is 0 Å². The molecule has 0 aliphatic carbocycles. The van der Waals surface area contributed by atoms with E-state index in [9.17, 15) is 4.79 Å². The minimum atomic E-state index is -0.118. The molecule has 1 unspecified atom stereocenters. The first-order valence-electron chi connectivity index (χ1n) is 9.48. The molecule has 4 nitrogen and oxygen atoms in total. The topological polar surface area (TPSA) is 35.6 Å². The molecule has 1 aliphatic rings. The number of piperazine rings is 1. The number of likely N-dealkylation sites (N-methyl/N-ethyl adjacent to an activating group) is 1. The van der Waals surface area contributed by atoms with Gasteiger partial charge in [-0.1, -0.05) is 37.3 Å². The van der Waals surface area contributed by atoms with E-state index in [1.165, 1.54) is 5.69 Å². The van der Waals surface area contributed by atoms with E-state index < -0.39 is 0 Å². The van der Waals surface area contributed by atoms with Gasteiger partial charge in [0.05, 0.1) is 5.92 Å². The van der Waals surface area contributed by atoms with Gasteiger partial charge in [-0.3, -0.25) is 4.79 Å². The highest BCUT2D eigenvalue weighted by atomic mass is 16.1. The lowest BCUT2D eigenvalue weighted by Crippen LogP contribution is -2.44. The second kappa shape index (κ2) is 8.37. The molecule has 1 aliphatic heterocycles. The SMILES string of the molecule is CCC(C(=O)Nc1ccc(N2CCN(C)CC2)cc1C)c1ccccc1. The van der Waals surface area contributed by atoms with Gasteiger partial charge < -0.3 is 15.1 Å². The van der Waals surface area contributed by atoms with E-state index in [2.05, 4.69) is 48.1 Å². The number of aryl methyl sites for hydroxylation is 1. The Kier molecular flexibility index (Phi) is 5.94. The Morgan fingerprint density at radius 3 is 2.38 bits per heavy atom. The first-order valence-corrected chi connectivity index (χ1v) is 9.48. The van der Waals surface area contributed by atoms with Crippen LogP contribution in [-0.2, 0) is 4.79 Å². The van der Waals surface area contributed by atoms with Crippen molar-refractivity contribution in [2.45, 2.75) is 26.2 Å². The summed E-state index contributed by atoms with van der Waals surface area (Å²) in [6.45, 7) is 8.40. The predicted molar refractivity (Wildman–Crippen MR) is 109 cm³/mol. The maximum Gasteiger partial charge on any atom is 0.231 e. The van der Waals surface area contributed by atoms with E-state index in [-0.39, 0.29) is 11.8 Å². The summed E-state index contributed by atoms with van der Waals surface area (Å²) in [7, 11) is 2.16. The van der Waals surface area contributed by atoms with Crippen LogP contribution in [0.3, 0.4) is 0 Å². The Labute approximate surface area is 156 Å². The summed E-state index contributed by atoms with van der Waals surface area (Å²) in [4.78, 5) is 17.6. The Bertz CT molecular complexity index is 736. The van der Waals surface area contributed by atoms with Gasteiger partial charge in [-0.05, 0) is 49.7 Å². The average Bonchev–Trinajstić information content (AvgIpc) is 2.65. The minimum absolute atomic E-state index is 0.0640. The summed E-state index contributed by atoms with van der Waals surface area (Å²) in [5, 5.41) is 3.13. The van der Waals surface area contributed by atoms with Crippen molar-refractivity contribution in [3.63, 3.8) is 0 Å². The third kappa shape index (κ3) is 4.25. The van der Waals surface area contributed by atoms with Crippen molar-refractivity contribution in [2.24, 2.45) is 0 Å². The van der Waals surface area contributed by atoms with Gasteiger partial charge in [0.1, 0.15) is 0 Å². The Morgan fingerprint density at radius 2 is 1.77 bits per heavy atom. The number of anilines is 2. The lowest BCUT2D eigenvalue weighted by atomic mass is 9.95. The normalized spacial score (nSPS) is 16.3. The highest BCUT2D eigenvalue weighted by Crippen LogP contribution is 2.26. The van der Waals surface area contributed by atoms with E-state index >= 15 is 0 Å². The van der Waals surface area contributed by atoms with Crippen LogP contribution in [0.15, 0.2) is 48.5 Å². The molecule has 1 amide bonds. The molecule has 138 valence electrons. The molecule has 0 radical (unpaired) electrons. The Hall–Kier alpha value is -2.33. The fourth-order valence-corrected chi connectivity index (χ4v) is 3.53. The number of hydrogen-bond donors (Lipinski definition) is 1. The molecule has 1 fully saturated rings. The minimum Gasteiger partial charge on any atom is -0.369 e. The van der Waals surface area contributed by atoms with Gasteiger partial charge in [0, 0.05) is 37.6 Å².